The monoisotopic (exact) mass is 832 g/mol. The zero-order valence-corrected chi connectivity index (χ0v) is 35.4. The van der Waals surface area contributed by atoms with E-state index in [0.29, 0.717) is 44.6 Å². The summed E-state index contributed by atoms with van der Waals surface area (Å²) in [6.45, 7) is 28.6. The number of pyridine rings is 1. The third-order valence-corrected chi connectivity index (χ3v) is 15.8. The number of ether oxygens (including phenoxy) is 3. The number of aryl methyl sites for hydroxylation is 2. The Hall–Kier alpha value is -2.79. The topological polar surface area (TPSA) is 107 Å². The van der Waals surface area contributed by atoms with Gasteiger partial charge in [-0.2, -0.15) is 10.2 Å². The number of hydrogen-bond acceptors (Lipinski definition) is 9. The zero-order valence-electron chi connectivity index (χ0n) is 32.3. The minimum Gasteiger partial charge on any atom is -0.476 e. The number of rotatable bonds is 16. The number of hydrogen-bond donors (Lipinski definition) is 0. The van der Waals surface area contributed by atoms with Crippen molar-refractivity contribution < 1.29 is 18.6 Å². The van der Waals surface area contributed by atoms with E-state index in [1.165, 1.54) is 0 Å². The van der Waals surface area contributed by atoms with Crippen LogP contribution in [0, 0.1) is 10.5 Å². The van der Waals surface area contributed by atoms with Crippen LogP contribution in [0.2, 0.25) is 18.1 Å². The van der Waals surface area contributed by atoms with E-state index in [2.05, 4.69) is 97.6 Å². The number of likely N-dealkylation sites (N-methyl/N-ethyl adjacent to an activating group) is 1. The largest absolute Gasteiger partial charge is 0.476 e. The summed E-state index contributed by atoms with van der Waals surface area (Å²) < 4.78 is 32.1. The van der Waals surface area contributed by atoms with Crippen LogP contribution in [0.5, 0.6) is 11.8 Å². The van der Waals surface area contributed by atoms with Gasteiger partial charge in [-0.25, -0.2) is 9.36 Å². The predicted octanol–water partition coefficient (Wildman–Crippen LogP) is 7.99. The first-order valence-electron chi connectivity index (χ1n) is 18.3. The molecule has 1 saturated heterocycles. The molecule has 0 aliphatic carbocycles. The normalized spacial score (nSPS) is 16.3. The Morgan fingerprint density at radius 1 is 1.22 bits per heavy atom. The molecular formula is C37H57IN8O4Si. The molecule has 1 aliphatic heterocycles. The van der Waals surface area contributed by atoms with E-state index in [9.17, 15) is 0 Å². The Kier molecular flexibility index (Phi) is 12.7. The minimum absolute atomic E-state index is 0.0933. The molecular weight excluding hydrogens is 775 g/mol. The van der Waals surface area contributed by atoms with Crippen LogP contribution < -0.4 is 9.47 Å². The molecule has 5 heterocycles. The van der Waals surface area contributed by atoms with Gasteiger partial charge in [-0.1, -0.05) is 34.3 Å². The number of aromatic nitrogens is 7. The average molecular weight is 833 g/mol. The fraction of sp³-hybridized carbons (Fsp3) is 0.622. The summed E-state index contributed by atoms with van der Waals surface area (Å²) in [5, 5.41) is 15.5. The second kappa shape index (κ2) is 16.5. The van der Waals surface area contributed by atoms with Gasteiger partial charge in [0.2, 0.25) is 11.8 Å². The molecule has 4 aromatic heterocycles. The summed E-state index contributed by atoms with van der Waals surface area (Å²) in [4.78, 5) is 7.44. The SMILES string of the molecule is C=Cc1nn(C2CCCCO2)c2c(C)nc(-c3cnn(C)c3O[C@H](C)CN(CC)Cc3c(I)c(OCC)nn3CCO[Si](C)(C)C(C)(C)C)cc12. The molecule has 0 N–H and O–H groups in total. The molecule has 0 radical (unpaired) electrons. The van der Waals surface area contributed by atoms with Crippen LogP contribution >= 0.6 is 22.6 Å². The maximum absolute atomic E-state index is 6.68. The van der Waals surface area contributed by atoms with Crippen molar-refractivity contribution in [3.63, 3.8) is 0 Å². The average Bonchev–Trinajstić information content (AvgIpc) is 3.74. The lowest BCUT2D eigenvalue weighted by atomic mass is 10.1. The van der Waals surface area contributed by atoms with Crippen molar-refractivity contribution in [2.45, 2.75) is 111 Å². The molecule has 0 bridgehead atoms. The number of nitrogens with zero attached hydrogens (tertiary/aromatic N) is 8. The summed E-state index contributed by atoms with van der Waals surface area (Å²) in [7, 11) is 0.0282. The van der Waals surface area contributed by atoms with Crippen molar-refractivity contribution in [1.29, 1.82) is 0 Å². The molecule has 280 valence electrons. The molecule has 1 fully saturated rings. The van der Waals surface area contributed by atoms with Gasteiger partial charge in [0.25, 0.3) is 0 Å². The van der Waals surface area contributed by atoms with Crippen molar-refractivity contribution in [1.82, 2.24) is 39.2 Å². The lowest BCUT2D eigenvalue weighted by Gasteiger charge is -2.36. The molecule has 12 nitrogen and oxygen atoms in total. The third kappa shape index (κ3) is 8.72. The van der Waals surface area contributed by atoms with Crippen LogP contribution in [-0.4, -0.2) is 86.6 Å². The number of fused-ring (bicyclic) bond motifs is 1. The second-order valence-electron chi connectivity index (χ2n) is 14.9. The van der Waals surface area contributed by atoms with E-state index in [1.54, 1.807) is 10.8 Å². The molecule has 0 aromatic carbocycles. The van der Waals surface area contributed by atoms with Gasteiger partial charge in [0.1, 0.15) is 6.10 Å². The zero-order chi connectivity index (χ0) is 37.1. The highest BCUT2D eigenvalue weighted by Crippen LogP contribution is 2.37. The van der Waals surface area contributed by atoms with Gasteiger partial charge >= 0.3 is 0 Å². The first-order valence-corrected chi connectivity index (χ1v) is 22.2. The third-order valence-electron chi connectivity index (χ3n) is 10.1. The van der Waals surface area contributed by atoms with Crippen LogP contribution in [0.1, 0.15) is 84.1 Å². The van der Waals surface area contributed by atoms with Gasteiger partial charge in [-0.05, 0) is 99.4 Å². The van der Waals surface area contributed by atoms with Crippen LogP contribution in [0.4, 0.5) is 0 Å². The van der Waals surface area contributed by atoms with E-state index in [0.717, 1.165) is 75.2 Å². The highest BCUT2D eigenvalue weighted by molar-refractivity contribution is 14.1. The summed E-state index contributed by atoms with van der Waals surface area (Å²) in [5.74, 6) is 1.35. The lowest BCUT2D eigenvalue weighted by molar-refractivity contribution is -0.0368. The van der Waals surface area contributed by atoms with Gasteiger partial charge < -0.3 is 18.6 Å². The summed E-state index contributed by atoms with van der Waals surface area (Å²) in [6.07, 6.45) is 6.53. The van der Waals surface area contributed by atoms with Crippen LogP contribution in [0.15, 0.2) is 18.8 Å². The minimum atomic E-state index is -1.88. The van der Waals surface area contributed by atoms with Crippen LogP contribution in [-0.2, 0) is 29.3 Å². The Balaban J connectivity index is 1.34. The Bertz CT molecular complexity index is 1800. The van der Waals surface area contributed by atoms with Crippen LogP contribution in [0.25, 0.3) is 28.2 Å². The summed E-state index contributed by atoms with van der Waals surface area (Å²) in [5.41, 5.74) is 5.42. The van der Waals surface area contributed by atoms with E-state index in [-0.39, 0.29) is 17.4 Å². The predicted molar refractivity (Wildman–Crippen MR) is 214 cm³/mol. The Morgan fingerprint density at radius 3 is 2.63 bits per heavy atom. The van der Waals surface area contributed by atoms with Gasteiger partial charge in [-0.15, -0.1) is 5.10 Å². The maximum atomic E-state index is 6.68. The highest BCUT2D eigenvalue weighted by Gasteiger charge is 2.37. The summed E-state index contributed by atoms with van der Waals surface area (Å²) in [6, 6.07) is 2.08. The molecule has 51 heavy (non-hydrogen) atoms. The van der Waals surface area contributed by atoms with Crippen molar-refractivity contribution in [2.24, 2.45) is 7.05 Å². The van der Waals surface area contributed by atoms with E-state index in [1.807, 2.05) is 31.8 Å². The molecule has 14 heteroatoms. The highest BCUT2D eigenvalue weighted by atomic mass is 127. The van der Waals surface area contributed by atoms with Gasteiger partial charge in [-0.3, -0.25) is 14.6 Å². The Morgan fingerprint density at radius 2 is 1.98 bits per heavy atom. The molecule has 0 spiro atoms. The maximum Gasteiger partial charge on any atom is 0.246 e. The first kappa shape index (κ1) is 39.4. The molecule has 1 aliphatic rings. The van der Waals surface area contributed by atoms with Gasteiger partial charge in [0.15, 0.2) is 14.5 Å². The Labute approximate surface area is 318 Å². The second-order valence-corrected chi connectivity index (χ2v) is 20.8. The quantitative estimate of drug-likeness (QED) is 0.0821. The summed E-state index contributed by atoms with van der Waals surface area (Å²) >= 11 is 2.37. The van der Waals surface area contributed by atoms with Crippen LogP contribution in [0.3, 0.4) is 0 Å². The van der Waals surface area contributed by atoms with Crippen molar-refractivity contribution >= 4 is 47.9 Å². The smallest absolute Gasteiger partial charge is 0.246 e. The fourth-order valence-electron chi connectivity index (χ4n) is 6.25. The van der Waals surface area contributed by atoms with E-state index in [4.69, 9.17) is 33.8 Å². The van der Waals surface area contributed by atoms with Gasteiger partial charge in [0.05, 0.1) is 63.4 Å². The molecule has 4 aromatic rings. The molecule has 0 saturated carbocycles. The molecule has 0 amide bonds. The lowest BCUT2D eigenvalue weighted by Crippen LogP contribution is -2.41. The van der Waals surface area contributed by atoms with Crippen molar-refractivity contribution in [2.75, 3.05) is 32.9 Å². The van der Waals surface area contributed by atoms with E-state index >= 15 is 0 Å². The standard InChI is InChI=1S/C37H57IN8O4Si/c1-12-29-27-21-30(40-26(5)34(27)46(41-29)32-17-15-16-19-48-32)28-22-39-43(9)36(28)50-25(4)23-44(13-2)24-31-33(38)35(47-14-3)42-45(31)18-20-49-51(10,11)37(6,7)8/h12,21-22,25,32H,1,13-20,23-24H2,2-11H3/t25-,32?/m1/s1. The molecule has 1 unspecified atom stereocenters. The van der Waals surface area contributed by atoms with Gasteiger partial charge in [0, 0.05) is 32.1 Å². The molecule has 5 rings (SSSR count). The number of halogens is 1. The van der Waals surface area contributed by atoms with Crippen molar-refractivity contribution in [3.05, 3.63) is 39.5 Å². The van der Waals surface area contributed by atoms with E-state index < -0.39 is 8.32 Å². The van der Waals surface area contributed by atoms with Crippen molar-refractivity contribution in [3.8, 4) is 23.0 Å². The first-order chi connectivity index (χ1) is 24.2. The fourth-order valence-corrected chi connectivity index (χ4v) is 8.00. The molecule has 2 atom stereocenters.